The van der Waals surface area contributed by atoms with E-state index in [2.05, 4.69) is 17.0 Å². The van der Waals surface area contributed by atoms with Crippen LogP contribution in [0, 0.1) is 0 Å². The maximum atomic E-state index is 12.2. The molecule has 0 aliphatic carbocycles. The lowest BCUT2D eigenvalue weighted by molar-refractivity contribution is -0.148. The lowest BCUT2D eigenvalue weighted by Gasteiger charge is -2.23. The molecular weight excluding hydrogens is 310 g/mol. The standard InChI is InChI=1S/C17H19N3O4/c1-3-11-18-16(22)12(2)24-17(23)14-9-10-15(21)20(19-14)13-7-5-4-6-8-13/h3-8,12H,1,9-11H2,2H3,(H,18,22). The number of esters is 1. The molecule has 1 atom stereocenters. The quantitative estimate of drug-likeness (QED) is 0.631. The predicted molar refractivity (Wildman–Crippen MR) is 89.4 cm³/mol. The molecule has 0 aromatic heterocycles. The van der Waals surface area contributed by atoms with Crippen LogP contribution in [0.4, 0.5) is 5.69 Å². The summed E-state index contributed by atoms with van der Waals surface area (Å²) >= 11 is 0. The Morgan fingerprint density at radius 1 is 1.38 bits per heavy atom. The minimum Gasteiger partial charge on any atom is -0.448 e. The van der Waals surface area contributed by atoms with Crippen molar-refractivity contribution in [2.45, 2.75) is 25.9 Å². The summed E-state index contributed by atoms with van der Waals surface area (Å²) in [5, 5.41) is 7.81. The Morgan fingerprint density at radius 3 is 2.75 bits per heavy atom. The van der Waals surface area contributed by atoms with Gasteiger partial charge in [0, 0.05) is 19.4 Å². The number of nitrogens with zero attached hydrogens (tertiary/aromatic N) is 2. The van der Waals surface area contributed by atoms with Crippen molar-refractivity contribution in [1.29, 1.82) is 0 Å². The molecule has 1 N–H and O–H groups in total. The van der Waals surface area contributed by atoms with Gasteiger partial charge >= 0.3 is 5.97 Å². The minimum absolute atomic E-state index is 0.113. The van der Waals surface area contributed by atoms with E-state index in [1.54, 1.807) is 24.3 Å². The van der Waals surface area contributed by atoms with Gasteiger partial charge in [-0.1, -0.05) is 24.3 Å². The Balaban J connectivity index is 2.07. The predicted octanol–water partition coefficient (Wildman–Crippen LogP) is 1.40. The fourth-order valence-electron chi connectivity index (χ4n) is 2.07. The number of hydrogen-bond acceptors (Lipinski definition) is 5. The molecule has 24 heavy (non-hydrogen) atoms. The van der Waals surface area contributed by atoms with Crippen molar-refractivity contribution in [1.82, 2.24) is 5.32 Å². The molecule has 1 aliphatic heterocycles. The number of rotatable bonds is 6. The van der Waals surface area contributed by atoms with E-state index in [4.69, 9.17) is 4.74 Å². The summed E-state index contributed by atoms with van der Waals surface area (Å²) < 4.78 is 5.11. The first-order chi connectivity index (χ1) is 11.5. The first-order valence-corrected chi connectivity index (χ1v) is 7.58. The molecule has 7 nitrogen and oxygen atoms in total. The highest BCUT2D eigenvalue weighted by Crippen LogP contribution is 2.20. The van der Waals surface area contributed by atoms with E-state index in [1.807, 2.05) is 6.07 Å². The van der Waals surface area contributed by atoms with Crippen molar-refractivity contribution in [3.05, 3.63) is 43.0 Å². The summed E-state index contributed by atoms with van der Waals surface area (Å²) in [5.74, 6) is -1.32. The van der Waals surface area contributed by atoms with Crippen LogP contribution in [-0.2, 0) is 19.1 Å². The normalized spacial score (nSPS) is 15.3. The average Bonchev–Trinajstić information content (AvgIpc) is 2.60. The number of benzene rings is 1. The SMILES string of the molecule is C=CCNC(=O)C(C)OC(=O)C1=NN(c2ccccc2)C(=O)CC1. The van der Waals surface area contributed by atoms with Gasteiger partial charge in [-0.15, -0.1) is 6.58 Å². The second kappa shape index (κ2) is 8.05. The van der Waals surface area contributed by atoms with Crippen LogP contribution in [0.25, 0.3) is 0 Å². The molecule has 2 amide bonds. The van der Waals surface area contributed by atoms with Crippen molar-refractivity contribution in [2.75, 3.05) is 11.6 Å². The van der Waals surface area contributed by atoms with Crippen molar-refractivity contribution >= 4 is 29.2 Å². The topological polar surface area (TPSA) is 88.1 Å². The van der Waals surface area contributed by atoms with Gasteiger partial charge in [-0.05, 0) is 19.1 Å². The molecule has 126 valence electrons. The van der Waals surface area contributed by atoms with Gasteiger partial charge in [0.15, 0.2) is 6.10 Å². The molecule has 0 saturated carbocycles. The van der Waals surface area contributed by atoms with Crippen LogP contribution in [-0.4, -0.2) is 36.1 Å². The molecule has 2 rings (SSSR count). The molecule has 0 radical (unpaired) electrons. The number of hydrazone groups is 1. The first-order valence-electron chi connectivity index (χ1n) is 7.58. The molecular formula is C17H19N3O4. The zero-order valence-electron chi connectivity index (χ0n) is 13.4. The van der Waals surface area contributed by atoms with Gasteiger partial charge in [0.05, 0.1) is 5.69 Å². The Bertz CT molecular complexity index is 670. The largest absolute Gasteiger partial charge is 0.448 e. The zero-order valence-corrected chi connectivity index (χ0v) is 13.4. The molecule has 0 spiro atoms. The number of ether oxygens (including phenoxy) is 1. The van der Waals surface area contributed by atoms with Crippen LogP contribution in [0.15, 0.2) is 48.1 Å². The molecule has 1 heterocycles. The third kappa shape index (κ3) is 4.28. The molecule has 1 unspecified atom stereocenters. The highest BCUT2D eigenvalue weighted by atomic mass is 16.5. The van der Waals surface area contributed by atoms with Gasteiger partial charge in [-0.2, -0.15) is 5.10 Å². The van der Waals surface area contributed by atoms with E-state index >= 15 is 0 Å². The van der Waals surface area contributed by atoms with Crippen LogP contribution in [0.2, 0.25) is 0 Å². The van der Waals surface area contributed by atoms with E-state index in [1.165, 1.54) is 18.0 Å². The number of amides is 2. The van der Waals surface area contributed by atoms with Gasteiger partial charge in [-0.3, -0.25) is 9.59 Å². The number of carbonyl (C=O) groups is 3. The maximum Gasteiger partial charge on any atom is 0.355 e. The van der Waals surface area contributed by atoms with E-state index in [-0.39, 0.29) is 31.0 Å². The first kappa shape index (κ1) is 17.4. The second-order valence-corrected chi connectivity index (χ2v) is 5.17. The Labute approximate surface area is 140 Å². The molecule has 0 bridgehead atoms. The highest BCUT2D eigenvalue weighted by Gasteiger charge is 2.28. The molecule has 7 heteroatoms. The van der Waals surface area contributed by atoms with Crippen LogP contribution >= 0.6 is 0 Å². The third-order valence-corrected chi connectivity index (χ3v) is 3.34. The number of para-hydroxylation sites is 1. The van der Waals surface area contributed by atoms with Gasteiger partial charge in [0.2, 0.25) is 5.91 Å². The number of nitrogens with one attached hydrogen (secondary N) is 1. The smallest absolute Gasteiger partial charge is 0.355 e. The summed E-state index contributed by atoms with van der Waals surface area (Å²) in [6.45, 7) is 5.25. The summed E-state index contributed by atoms with van der Waals surface area (Å²) in [6.07, 6.45) is 0.908. The Hall–Kier alpha value is -2.96. The lowest BCUT2D eigenvalue weighted by atomic mass is 10.1. The Morgan fingerprint density at radius 2 is 2.08 bits per heavy atom. The van der Waals surface area contributed by atoms with Crippen LogP contribution in [0.1, 0.15) is 19.8 Å². The lowest BCUT2D eigenvalue weighted by Crippen LogP contribution is -2.39. The van der Waals surface area contributed by atoms with E-state index < -0.39 is 18.0 Å². The highest BCUT2D eigenvalue weighted by molar-refractivity contribution is 6.38. The second-order valence-electron chi connectivity index (χ2n) is 5.17. The van der Waals surface area contributed by atoms with Crippen LogP contribution in [0.3, 0.4) is 0 Å². The molecule has 1 aromatic carbocycles. The monoisotopic (exact) mass is 329 g/mol. The van der Waals surface area contributed by atoms with Crippen molar-refractivity contribution in [3.63, 3.8) is 0 Å². The average molecular weight is 329 g/mol. The van der Waals surface area contributed by atoms with Crippen LogP contribution in [0.5, 0.6) is 0 Å². The fourth-order valence-corrected chi connectivity index (χ4v) is 2.07. The minimum atomic E-state index is -0.956. The molecule has 1 aliphatic rings. The van der Waals surface area contributed by atoms with Crippen molar-refractivity contribution < 1.29 is 19.1 Å². The Kier molecular flexibility index (Phi) is 5.83. The van der Waals surface area contributed by atoms with E-state index in [9.17, 15) is 14.4 Å². The summed E-state index contributed by atoms with van der Waals surface area (Å²) in [4.78, 5) is 35.9. The summed E-state index contributed by atoms with van der Waals surface area (Å²) in [6, 6.07) is 8.82. The zero-order chi connectivity index (χ0) is 17.5. The fraction of sp³-hybridized carbons (Fsp3) is 0.294. The molecule has 0 fully saturated rings. The van der Waals surface area contributed by atoms with Crippen LogP contribution < -0.4 is 10.3 Å². The molecule has 1 aromatic rings. The van der Waals surface area contributed by atoms with Gasteiger partial charge < -0.3 is 10.1 Å². The van der Waals surface area contributed by atoms with E-state index in [0.717, 1.165) is 0 Å². The number of carbonyl (C=O) groups excluding carboxylic acids is 3. The number of anilines is 1. The summed E-state index contributed by atoms with van der Waals surface area (Å²) in [5.41, 5.74) is 0.686. The van der Waals surface area contributed by atoms with Crippen molar-refractivity contribution in [2.24, 2.45) is 5.10 Å². The third-order valence-electron chi connectivity index (χ3n) is 3.34. The van der Waals surface area contributed by atoms with Gasteiger partial charge in [0.25, 0.3) is 5.91 Å². The summed E-state index contributed by atoms with van der Waals surface area (Å²) in [7, 11) is 0. The van der Waals surface area contributed by atoms with E-state index in [0.29, 0.717) is 5.69 Å². The molecule has 0 saturated heterocycles. The van der Waals surface area contributed by atoms with Crippen molar-refractivity contribution in [3.8, 4) is 0 Å². The van der Waals surface area contributed by atoms with Gasteiger partial charge in [0.1, 0.15) is 5.71 Å². The maximum absolute atomic E-state index is 12.2. The number of hydrogen-bond donors (Lipinski definition) is 1. The van der Waals surface area contributed by atoms with Gasteiger partial charge in [-0.25, -0.2) is 9.80 Å².